The molecule has 1 aromatic heterocycles. The molecule has 20 heavy (non-hydrogen) atoms. The van der Waals surface area contributed by atoms with Gasteiger partial charge in [-0.2, -0.15) is 0 Å². The lowest BCUT2D eigenvalue weighted by Gasteiger charge is -2.21. The van der Waals surface area contributed by atoms with Crippen molar-refractivity contribution in [3.8, 4) is 0 Å². The smallest absolute Gasteiger partial charge is 0.335 e. The van der Waals surface area contributed by atoms with Gasteiger partial charge >= 0.3 is 5.97 Å². The average molecular weight is 290 g/mol. The summed E-state index contributed by atoms with van der Waals surface area (Å²) in [7, 11) is 1.79. The number of nitrogens with zero attached hydrogens (tertiary/aromatic N) is 1. The molecule has 0 saturated carbocycles. The minimum atomic E-state index is -0.961. The maximum absolute atomic E-state index is 12.4. The molecule has 3 rings (SSSR count). The van der Waals surface area contributed by atoms with E-state index in [4.69, 9.17) is 5.11 Å². The van der Waals surface area contributed by atoms with Crippen LogP contribution in [0.15, 0.2) is 18.2 Å². The molecule has 2 N–H and O–H groups in total. The SMILES string of the molecule is C[C@@H]1CNc2c(sc3ccc(C(=O)O)cc23)C(=O)N1C. The quantitative estimate of drug-likeness (QED) is 0.846. The average Bonchev–Trinajstić information content (AvgIpc) is 2.75. The molecule has 0 aliphatic carbocycles. The summed E-state index contributed by atoms with van der Waals surface area (Å²) in [5, 5.41) is 13.2. The van der Waals surface area contributed by atoms with Gasteiger partial charge in [0.25, 0.3) is 5.91 Å². The molecule has 0 fully saturated rings. The van der Waals surface area contributed by atoms with Gasteiger partial charge < -0.3 is 15.3 Å². The van der Waals surface area contributed by atoms with Gasteiger partial charge in [0.15, 0.2) is 0 Å². The van der Waals surface area contributed by atoms with Gasteiger partial charge in [0.05, 0.1) is 11.3 Å². The highest BCUT2D eigenvalue weighted by Crippen LogP contribution is 2.38. The molecule has 104 valence electrons. The molecule has 0 unspecified atom stereocenters. The zero-order valence-electron chi connectivity index (χ0n) is 11.1. The molecule has 1 amide bonds. The third kappa shape index (κ3) is 1.84. The predicted molar refractivity (Wildman–Crippen MR) is 78.8 cm³/mol. The highest BCUT2D eigenvalue weighted by atomic mass is 32.1. The number of hydrogen-bond donors (Lipinski definition) is 2. The Bertz CT molecular complexity index is 723. The first-order chi connectivity index (χ1) is 9.49. The molecule has 6 heteroatoms. The van der Waals surface area contributed by atoms with Crippen LogP contribution in [0.25, 0.3) is 10.1 Å². The minimum Gasteiger partial charge on any atom is -0.478 e. The summed E-state index contributed by atoms with van der Waals surface area (Å²) in [6.07, 6.45) is 0. The van der Waals surface area contributed by atoms with Crippen LogP contribution in [-0.4, -0.2) is 41.5 Å². The van der Waals surface area contributed by atoms with Crippen LogP contribution in [0.3, 0.4) is 0 Å². The Morgan fingerprint density at radius 3 is 2.95 bits per heavy atom. The number of thiophene rings is 1. The second-order valence-corrected chi connectivity index (χ2v) is 6.02. The first-order valence-corrected chi connectivity index (χ1v) is 7.11. The Kier molecular flexibility index (Phi) is 2.90. The molecule has 0 saturated heterocycles. The lowest BCUT2D eigenvalue weighted by molar-refractivity contribution is 0.0696. The molecule has 0 spiro atoms. The number of carbonyl (C=O) groups excluding carboxylic acids is 1. The van der Waals surface area contributed by atoms with Crippen LogP contribution in [0.2, 0.25) is 0 Å². The van der Waals surface area contributed by atoms with Crippen LogP contribution in [-0.2, 0) is 0 Å². The van der Waals surface area contributed by atoms with E-state index < -0.39 is 5.97 Å². The van der Waals surface area contributed by atoms with E-state index in [0.29, 0.717) is 11.4 Å². The van der Waals surface area contributed by atoms with E-state index in [1.165, 1.54) is 11.3 Å². The van der Waals surface area contributed by atoms with Gasteiger partial charge in [0, 0.05) is 29.7 Å². The Balaban J connectivity index is 2.22. The first-order valence-electron chi connectivity index (χ1n) is 6.30. The predicted octanol–water partition coefficient (Wildman–Crippen LogP) is 2.49. The largest absolute Gasteiger partial charge is 0.478 e. The topological polar surface area (TPSA) is 69.6 Å². The highest BCUT2D eigenvalue weighted by molar-refractivity contribution is 7.21. The fourth-order valence-electron chi connectivity index (χ4n) is 2.30. The molecule has 1 aliphatic rings. The fourth-order valence-corrected chi connectivity index (χ4v) is 3.45. The third-order valence-electron chi connectivity index (χ3n) is 3.68. The van der Waals surface area contributed by atoms with Crippen molar-refractivity contribution in [3.05, 3.63) is 28.6 Å². The Morgan fingerprint density at radius 2 is 2.25 bits per heavy atom. The zero-order valence-corrected chi connectivity index (χ0v) is 12.0. The number of nitrogens with one attached hydrogen (secondary N) is 1. The van der Waals surface area contributed by atoms with E-state index in [-0.39, 0.29) is 17.5 Å². The van der Waals surface area contributed by atoms with Gasteiger partial charge in [0.2, 0.25) is 0 Å². The monoisotopic (exact) mass is 290 g/mol. The van der Waals surface area contributed by atoms with Crippen LogP contribution in [0.1, 0.15) is 27.0 Å². The van der Waals surface area contributed by atoms with Gasteiger partial charge in [0.1, 0.15) is 4.88 Å². The van der Waals surface area contributed by atoms with Crippen molar-refractivity contribution in [1.29, 1.82) is 0 Å². The normalized spacial score (nSPS) is 18.6. The van der Waals surface area contributed by atoms with Crippen molar-refractivity contribution in [2.45, 2.75) is 13.0 Å². The van der Waals surface area contributed by atoms with Gasteiger partial charge in [-0.25, -0.2) is 4.79 Å². The van der Waals surface area contributed by atoms with E-state index in [1.807, 2.05) is 6.92 Å². The fraction of sp³-hybridized carbons (Fsp3) is 0.286. The summed E-state index contributed by atoms with van der Waals surface area (Å²) in [5.41, 5.74) is 0.993. The van der Waals surface area contributed by atoms with Crippen molar-refractivity contribution < 1.29 is 14.7 Å². The van der Waals surface area contributed by atoms with E-state index >= 15 is 0 Å². The number of fused-ring (bicyclic) bond motifs is 3. The lowest BCUT2D eigenvalue weighted by atomic mass is 10.1. The van der Waals surface area contributed by atoms with Crippen molar-refractivity contribution in [2.24, 2.45) is 0 Å². The summed E-state index contributed by atoms with van der Waals surface area (Å²) in [6, 6.07) is 5.05. The standard InChI is InChI=1S/C14H14N2O3S/c1-7-6-15-11-9-5-8(14(18)19)3-4-10(9)20-12(11)13(17)16(7)2/h3-5,7,15H,6H2,1-2H3,(H,18,19)/t7-/m1/s1. The molecule has 2 heterocycles. The van der Waals surface area contributed by atoms with Crippen molar-refractivity contribution in [1.82, 2.24) is 4.90 Å². The molecule has 1 aliphatic heterocycles. The van der Waals surface area contributed by atoms with Gasteiger partial charge in [-0.15, -0.1) is 11.3 Å². The van der Waals surface area contributed by atoms with Crippen LogP contribution < -0.4 is 5.32 Å². The molecule has 5 nitrogen and oxygen atoms in total. The number of likely N-dealkylation sites (N-methyl/N-ethyl adjacent to an activating group) is 1. The number of hydrogen-bond acceptors (Lipinski definition) is 4. The molecular weight excluding hydrogens is 276 g/mol. The van der Waals surface area contributed by atoms with Crippen LogP contribution in [0, 0.1) is 0 Å². The second kappa shape index (κ2) is 4.49. The van der Waals surface area contributed by atoms with E-state index in [9.17, 15) is 9.59 Å². The third-order valence-corrected chi connectivity index (χ3v) is 4.84. The number of carboxylic acids is 1. The number of benzene rings is 1. The number of aromatic carboxylic acids is 1. The first kappa shape index (κ1) is 12.9. The Hall–Kier alpha value is -2.08. The minimum absolute atomic E-state index is 0.0180. The van der Waals surface area contributed by atoms with Crippen molar-refractivity contribution in [2.75, 3.05) is 18.9 Å². The second-order valence-electron chi connectivity index (χ2n) is 4.97. The molecular formula is C14H14N2O3S. The molecule has 1 aromatic carbocycles. The van der Waals surface area contributed by atoms with E-state index in [0.717, 1.165) is 15.8 Å². The van der Waals surface area contributed by atoms with Crippen molar-refractivity contribution >= 4 is 39.0 Å². The summed E-state index contributed by atoms with van der Waals surface area (Å²) < 4.78 is 0.920. The van der Waals surface area contributed by atoms with E-state index in [2.05, 4.69) is 5.32 Å². The molecule has 2 aromatic rings. The number of carboxylic acid groups (broad SMARTS) is 1. The maximum atomic E-state index is 12.4. The number of amides is 1. The van der Waals surface area contributed by atoms with E-state index in [1.54, 1.807) is 30.1 Å². The van der Waals surface area contributed by atoms with Crippen molar-refractivity contribution in [3.63, 3.8) is 0 Å². The van der Waals surface area contributed by atoms with Crippen LogP contribution in [0.5, 0.6) is 0 Å². The molecule has 0 radical (unpaired) electrons. The Labute approximate surface area is 119 Å². The maximum Gasteiger partial charge on any atom is 0.335 e. The van der Waals surface area contributed by atoms with Crippen LogP contribution >= 0.6 is 11.3 Å². The summed E-state index contributed by atoms with van der Waals surface area (Å²) in [4.78, 5) is 25.9. The molecule has 1 atom stereocenters. The number of anilines is 1. The Morgan fingerprint density at radius 1 is 1.50 bits per heavy atom. The van der Waals surface area contributed by atoms with Gasteiger partial charge in [-0.1, -0.05) is 0 Å². The van der Waals surface area contributed by atoms with Gasteiger partial charge in [-0.05, 0) is 25.1 Å². The number of rotatable bonds is 1. The molecule has 0 bridgehead atoms. The lowest BCUT2D eigenvalue weighted by Crippen LogP contribution is -2.36. The van der Waals surface area contributed by atoms with Gasteiger partial charge in [-0.3, -0.25) is 4.79 Å². The summed E-state index contributed by atoms with van der Waals surface area (Å²) in [5.74, 6) is -0.979. The van der Waals surface area contributed by atoms with Crippen LogP contribution in [0.4, 0.5) is 5.69 Å². The highest BCUT2D eigenvalue weighted by Gasteiger charge is 2.28. The number of carbonyl (C=O) groups is 2. The summed E-state index contributed by atoms with van der Waals surface area (Å²) in [6.45, 7) is 2.63. The zero-order chi connectivity index (χ0) is 14.4. The summed E-state index contributed by atoms with van der Waals surface area (Å²) >= 11 is 1.40.